The minimum absolute atomic E-state index is 0.175. The Balaban J connectivity index is 1.68. The Morgan fingerprint density at radius 3 is 1.61 bits per heavy atom. The van der Waals surface area contributed by atoms with Crippen molar-refractivity contribution in [3.63, 3.8) is 0 Å². The molecule has 1 unspecified atom stereocenters. The van der Waals surface area contributed by atoms with Crippen LogP contribution in [-0.2, 0) is 5.41 Å². The van der Waals surface area contributed by atoms with Gasteiger partial charge in [-0.3, -0.25) is 0 Å². The average molecular weight is 474 g/mol. The first kappa shape index (κ1) is 25.5. The van der Waals surface area contributed by atoms with Gasteiger partial charge < -0.3 is 4.90 Å². The summed E-state index contributed by atoms with van der Waals surface area (Å²) in [5, 5.41) is 0. The van der Waals surface area contributed by atoms with E-state index in [9.17, 15) is 0 Å². The Bertz CT molecular complexity index is 1250. The molecule has 1 nitrogen and oxygen atoms in total. The zero-order chi connectivity index (χ0) is 25.5. The van der Waals surface area contributed by atoms with E-state index in [0.29, 0.717) is 5.92 Å². The highest BCUT2D eigenvalue weighted by Crippen LogP contribution is 2.37. The third-order valence-electron chi connectivity index (χ3n) is 7.54. The molecular weight excluding hydrogens is 434 g/mol. The molecule has 0 aliphatic heterocycles. The van der Waals surface area contributed by atoms with Gasteiger partial charge in [0.25, 0.3) is 0 Å². The molecule has 4 aromatic carbocycles. The van der Waals surface area contributed by atoms with Gasteiger partial charge >= 0.3 is 0 Å². The molecule has 184 valence electrons. The van der Waals surface area contributed by atoms with Crippen molar-refractivity contribution in [2.75, 3.05) is 4.90 Å². The predicted octanol–water partition coefficient (Wildman–Crippen LogP) is 10.5. The smallest absolute Gasteiger partial charge is 0.0462 e. The summed E-state index contributed by atoms with van der Waals surface area (Å²) in [5.74, 6) is 0.568. The van der Waals surface area contributed by atoms with Crippen molar-refractivity contribution < 1.29 is 0 Å². The Hall–Kier alpha value is -3.58. The zero-order valence-corrected chi connectivity index (χ0v) is 22.4. The molecule has 0 bridgehead atoms. The van der Waals surface area contributed by atoms with E-state index in [4.69, 9.17) is 0 Å². The molecule has 0 saturated heterocycles. The fraction of sp³-hybridized carbons (Fsp3) is 0.257. The van der Waals surface area contributed by atoms with Crippen LogP contribution in [0.1, 0.15) is 75.6 Å². The SMILES string of the molecule is CCC(C)c1ccc(N(c2ccc(C=Cc3ccccc3)cc2)c2ccc(C(C)(C)CC)cc2)cc1. The van der Waals surface area contributed by atoms with Crippen LogP contribution in [0, 0.1) is 0 Å². The molecule has 0 saturated carbocycles. The van der Waals surface area contributed by atoms with Gasteiger partial charge in [0.2, 0.25) is 0 Å². The lowest BCUT2D eigenvalue weighted by atomic mass is 9.82. The molecule has 0 aliphatic carbocycles. The summed E-state index contributed by atoms with van der Waals surface area (Å²) in [7, 11) is 0. The van der Waals surface area contributed by atoms with Crippen LogP contribution in [0.2, 0.25) is 0 Å². The molecule has 0 amide bonds. The number of nitrogens with zero attached hydrogens (tertiary/aromatic N) is 1. The van der Waals surface area contributed by atoms with E-state index in [1.165, 1.54) is 33.6 Å². The maximum atomic E-state index is 2.35. The lowest BCUT2D eigenvalue weighted by molar-refractivity contribution is 0.506. The van der Waals surface area contributed by atoms with Crippen molar-refractivity contribution in [2.24, 2.45) is 0 Å². The van der Waals surface area contributed by atoms with Gasteiger partial charge in [0.05, 0.1) is 0 Å². The van der Waals surface area contributed by atoms with Gasteiger partial charge in [0, 0.05) is 17.1 Å². The normalized spacial score (nSPS) is 12.6. The van der Waals surface area contributed by atoms with Gasteiger partial charge in [-0.05, 0) is 82.8 Å². The number of hydrogen-bond acceptors (Lipinski definition) is 1. The van der Waals surface area contributed by atoms with Crippen LogP contribution in [0.3, 0.4) is 0 Å². The summed E-state index contributed by atoms with van der Waals surface area (Å²) in [5.41, 5.74) is 8.85. The summed E-state index contributed by atoms with van der Waals surface area (Å²) in [6.45, 7) is 11.4. The van der Waals surface area contributed by atoms with E-state index in [-0.39, 0.29) is 5.41 Å². The van der Waals surface area contributed by atoms with Crippen LogP contribution in [0.5, 0.6) is 0 Å². The summed E-state index contributed by atoms with van der Waals surface area (Å²) in [4.78, 5) is 2.35. The van der Waals surface area contributed by atoms with E-state index in [0.717, 1.165) is 18.5 Å². The minimum Gasteiger partial charge on any atom is -0.311 e. The van der Waals surface area contributed by atoms with Crippen LogP contribution >= 0.6 is 0 Å². The first-order valence-electron chi connectivity index (χ1n) is 13.2. The first-order chi connectivity index (χ1) is 17.4. The second-order valence-corrected chi connectivity index (χ2v) is 10.4. The maximum absolute atomic E-state index is 2.35. The second-order valence-electron chi connectivity index (χ2n) is 10.4. The van der Waals surface area contributed by atoms with Crippen molar-refractivity contribution in [2.45, 2.75) is 58.8 Å². The molecule has 0 radical (unpaired) electrons. The van der Waals surface area contributed by atoms with Gasteiger partial charge in [-0.1, -0.05) is 114 Å². The third-order valence-corrected chi connectivity index (χ3v) is 7.54. The average Bonchev–Trinajstić information content (AvgIpc) is 2.93. The van der Waals surface area contributed by atoms with Crippen LogP contribution in [0.25, 0.3) is 12.2 Å². The molecule has 1 heteroatoms. The quantitative estimate of drug-likeness (QED) is 0.218. The molecule has 0 aliphatic rings. The molecule has 4 rings (SSSR count). The zero-order valence-electron chi connectivity index (χ0n) is 22.4. The number of hydrogen-bond donors (Lipinski definition) is 0. The molecule has 1 atom stereocenters. The Morgan fingerprint density at radius 2 is 1.11 bits per heavy atom. The van der Waals surface area contributed by atoms with E-state index >= 15 is 0 Å². The van der Waals surface area contributed by atoms with Crippen molar-refractivity contribution in [3.05, 3.63) is 125 Å². The number of anilines is 3. The highest BCUT2D eigenvalue weighted by Gasteiger charge is 2.19. The van der Waals surface area contributed by atoms with Gasteiger partial charge in [-0.25, -0.2) is 0 Å². The van der Waals surface area contributed by atoms with Crippen LogP contribution in [0.4, 0.5) is 17.1 Å². The fourth-order valence-electron chi connectivity index (χ4n) is 4.39. The summed E-state index contributed by atoms with van der Waals surface area (Å²) in [6.07, 6.45) is 6.60. The maximum Gasteiger partial charge on any atom is 0.0462 e. The van der Waals surface area contributed by atoms with E-state index < -0.39 is 0 Å². The Labute approximate surface area is 218 Å². The lowest BCUT2D eigenvalue weighted by Crippen LogP contribution is -2.16. The lowest BCUT2D eigenvalue weighted by Gasteiger charge is -2.28. The van der Waals surface area contributed by atoms with Crippen molar-refractivity contribution >= 4 is 29.2 Å². The van der Waals surface area contributed by atoms with Crippen molar-refractivity contribution in [3.8, 4) is 0 Å². The number of rotatable bonds is 9. The van der Waals surface area contributed by atoms with Gasteiger partial charge in [0.1, 0.15) is 0 Å². The summed E-state index contributed by atoms with van der Waals surface area (Å²) < 4.78 is 0. The monoisotopic (exact) mass is 473 g/mol. The van der Waals surface area contributed by atoms with Crippen LogP contribution in [-0.4, -0.2) is 0 Å². The highest BCUT2D eigenvalue weighted by atomic mass is 15.1. The molecule has 36 heavy (non-hydrogen) atoms. The molecule has 0 aromatic heterocycles. The van der Waals surface area contributed by atoms with Gasteiger partial charge in [-0.15, -0.1) is 0 Å². The van der Waals surface area contributed by atoms with Gasteiger partial charge in [-0.2, -0.15) is 0 Å². The summed E-state index contributed by atoms with van der Waals surface area (Å²) >= 11 is 0. The highest BCUT2D eigenvalue weighted by molar-refractivity contribution is 5.78. The predicted molar refractivity (Wildman–Crippen MR) is 159 cm³/mol. The second kappa shape index (κ2) is 11.4. The fourth-order valence-corrected chi connectivity index (χ4v) is 4.39. The topological polar surface area (TPSA) is 3.24 Å². The van der Waals surface area contributed by atoms with E-state index in [1.54, 1.807) is 0 Å². The minimum atomic E-state index is 0.175. The largest absolute Gasteiger partial charge is 0.311 e. The van der Waals surface area contributed by atoms with Crippen LogP contribution < -0.4 is 4.90 Å². The first-order valence-corrected chi connectivity index (χ1v) is 13.2. The van der Waals surface area contributed by atoms with Crippen molar-refractivity contribution in [1.82, 2.24) is 0 Å². The van der Waals surface area contributed by atoms with Crippen LogP contribution in [0.15, 0.2) is 103 Å². The molecule has 0 N–H and O–H groups in total. The Morgan fingerprint density at radius 1 is 0.639 bits per heavy atom. The number of benzene rings is 4. The molecule has 0 heterocycles. The van der Waals surface area contributed by atoms with E-state index in [1.807, 2.05) is 6.07 Å². The van der Waals surface area contributed by atoms with Gasteiger partial charge in [0.15, 0.2) is 0 Å². The summed E-state index contributed by atoms with van der Waals surface area (Å²) in [6, 6.07) is 37.4. The molecule has 0 fully saturated rings. The standard InChI is InChI=1S/C35H39N/c1-6-27(3)30-17-23-33(24-18-30)36(34-25-19-31(20-26-34)35(4,5)7-2)32-21-15-29(16-22-32)14-13-28-11-9-8-10-12-28/h8-27H,6-7H2,1-5H3. The van der Waals surface area contributed by atoms with E-state index in [2.05, 4.69) is 149 Å². The molecule has 0 spiro atoms. The third kappa shape index (κ3) is 5.97. The Kier molecular flexibility index (Phi) is 8.10. The molecular formula is C35H39N. The van der Waals surface area contributed by atoms with Crippen molar-refractivity contribution in [1.29, 1.82) is 0 Å². The molecule has 4 aromatic rings.